The number of amides is 1. The number of halogens is 3. The first-order valence-electron chi connectivity index (χ1n) is 8.65. The molecule has 0 fully saturated rings. The number of carbonyl (C=O) groups excluding carboxylic acids is 1. The molecular formula is C18H20F3N3O3. The van der Waals surface area contributed by atoms with Crippen LogP contribution >= 0.6 is 0 Å². The monoisotopic (exact) mass is 383 g/mol. The summed E-state index contributed by atoms with van der Waals surface area (Å²) in [6.45, 7) is 2.78. The van der Waals surface area contributed by atoms with Crippen LogP contribution in [0.15, 0.2) is 24.3 Å². The van der Waals surface area contributed by atoms with E-state index in [9.17, 15) is 18.0 Å². The second-order valence-corrected chi connectivity index (χ2v) is 5.98. The Hall–Kier alpha value is -2.55. The van der Waals surface area contributed by atoms with Crippen LogP contribution in [0.1, 0.15) is 34.2 Å². The van der Waals surface area contributed by atoms with E-state index in [0.717, 1.165) is 0 Å². The zero-order chi connectivity index (χ0) is 19.4. The Bertz CT molecular complexity index is 818. The Morgan fingerprint density at radius 2 is 2.15 bits per heavy atom. The van der Waals surface area contributed by atoms with Crippen molar-refractivity contribution < 1.29 is 27.4 Å². The summed E-state index contributed by atoms with van der Waals surface area (Å²) < 4.78 is 51.4. The molecule has 27 heavy (non-hydrogen) atoms. The fourth-order valence-electron chi connectivity index (χ4n) is 3.03. The summed E-state index contributed by atoms with van der Waals surface area (Å²) in [6, 6.07) is 6.81. The molecule has 0 radical (unpaired) electrons. The number of hydrogen-bond acceptors (Lipinski definition) is 4. The number of para-hydroxylation sites is 1. The summed E-state index contributed by atoms with van der Waals surface area (Å²) in [5.41, 5.74) is 0.0655. The molecule has 0 aliphatic carbocycles. The van der Waals surface area contributed by atoms with Gasteiger partial charge in [0.05, 0.1) is 31.9 Å². The third-order valence-corrected chi connectivity index (χ3v) is 4.21. The largest absolute Gasteiger partial charge is 0.493 e. The van der Waals surface area contributed by atoms with Crippen molar-refractivity contribution in [2.75, 3.05) is 19.8 Å². The first-order valence-corrected chi connectivity index (χ1v) is 8.65. The standard InChI is InChI=1S/C18H20F3N3O3/c1-2-27-15-6-4-3-5-12(15)17(25)22-8-9-24-14-7-10-26-11-13(14)16(23-24)18(19,20)21/h3-6H,2,7-11H2,1H3,(H,22,25). The van der Waals surface area contributed by atoms with Gasteiger partial charge in [-0.3, -0.25) is 9.48 Å². The van der Waals surface area contributed by atoms with Crippen molar-refractivity contribution in [3.63, 3.8) is 0 Å². The van der Waals surface area contributed by atoms with Gasteiger partial charge in [-0.15, -0.1) is 0 Å². The third-order valence-electron chi connectivity index (χ3n) is 4.21. The number of aromatic nitrogens is 2. The highest BCUT2D eigenvalue weighted by atomic mass is 19.4. The van der Waals surface area contributed by atoms with E-state index in [0.29, 0.717) is 36.6 Å². The van der Waals surface area contributed by atoms with E-state index >= 15 is 0 Å². The van der Waals surface area contributed by atoms with Gasteiger partial charge in [0.25, 0.3) is 5.91 Å². The summed E-state index contributed by atoms with van der Waals surface area (Å²) in [7, 11) is 0. The average molecular weight is 383 g/mol. The molecule has 146 valence electrons. The van der Waals surface area contributed by atoms with Crippen LogP contribution in [0.2, 0.25) is 0 Å². The summed E-state index contributed by atoms with van der Waals surface area (Å²) >= 11 is 0. The molecule has 0 bridgehead atoms. The van der Waals surface area contributed by atoms with Crippen molar-refractivity contribution in [2.24, 2.45) is 0 Å². The lowest BCUT2D eigenvalue weighted by atomic mass is 10.1. The van der Waals surface area contributed by atoms with Crippen molar-refractivity contribution in [2.45, 2.75) is 32.7 Å². The van der Waals surface area contributed by atoms with Crippen molar-refractivity contribution in [1.29, 1.82) is 0 Å². The SMILES string of the molecule is CCOc1ccccc1C(=O)NCCn1nc(C(F)(F)F)c2c1CCOC2. The Morgan fingerprint density at radius 3 is 2.89 bits per heavy atom. The van der Waals surface area contributed by atoms with E-state index in [1.807, 2.05) is 6.92 Å². The lowest BCUT2D eigenvalue weighted by Gasteiger charge is -2.16. The van der Waals surface area contributed by atoms with E-state index in [4.69, 9.17) is 9.47 Å². The molecule has 0 atom stereocenters. The minimum Gasteiger partial charge on any atom is -0.493 e. The molecule has 0 saturated heterocycles. The average Bonchev–Trinajstić information content (AvgIpc) is 3.02. The molecule has 0 saturated carbocycles. The lowest BCUT2D eigenvalue weighted by Crippen LogP contribution is -2.28. The van der Waals surface area contributed by atoms with Gasteiger partial charge in [-0.25, -0.2) is 0 Å². The van der Waals surface area contributed by atoms with Gasteiger partial charge in [0.15, 0.2) is 5.69 Å². The molecule has 2 heterocycles. The fourth-order valence-corrected chi connectivity index (χ4v) is 3.03. The van der Waals surface area contributed by atoms with Gasteiger partial charge in [0.2, 0.25) is 0 Å². The summed E-state index contributed by atoms with van der Waals surface area (Å²) in [6.07, 6.45) is -4.17. The molecule has 0 unspecified atom stereocenters. The maximum Gasteiger partial charge on any atom is 0.435 e. The van der Waals surface area contributed by atoms with Crippen LogP contribution < -0.4 is 10.1 Å². The van der Waals surface area contributed by atoms with Crippen LogP contribution in [0.4, 0.5) is 13.2 Å². The first-order chi connectivity index (χ1) is 12.9. The third kappa shape index (κ3) is 4.24. The van der Waals surface area contributed by atoms with Crippen LogP contribution in [0.3, 0.4) is 0 Å². The molecule has 1 N–H and O–H groups in total. The quantitative estimate of drug-likeness (QED) is 0.833. The number of fused-ring (bicyclic) bond motifs is 1. The first kappa shape index (κ1) is 19.2. The van der Waals surface area contributed by atoms with Gasteiger partial charge >= 0.3 is 6.18 Å². The highest BCUT2D eigenvalue weighted by molar-refractivity contribution is 5.96. The maximum absolute atomic E-state index is 13.2. The second kappa shape index (κ2) is 7.99. The van der Waals surface area contributed by atoms with Gasteiger partial charge in [0.1, 0.15) is 5.75 Å². The predicted molar refractivity (Wildman–Crippen MR) is 90.5 cm³/mol. The molecule has 0 spiro atoms. The number of alkyl halides is 3. The summed E-state index contributed by atoms with van der Waals surface area (Å²) in [5.74, 6) is 0.116. The highest BCUT2D eigenvalue weighted by Gasteiger charge is 2.39. The molecule has 1 aromatic heterocycles. The highest BCUT2D eigenvalue weighted by Crippen LogP contribution is 2.34. The van der Waals surface area contributed by atoms with Crippen molar-refractivity contribution in [3.8, 4) is 5.75 Å². The maximum atomic E-state index is 13.2. The molecule has 1 aromatic carbocycles. The van der Waals surface area contributed by atoms with Gasteiger partial charge in [-0.1, -0.05) is 12.1 Å². The number of ether oxygens (including phenoxy) is 2. The van der Waals surface area contributed by atoms with Crippen molar-refractivity contribution in [3.05, 3.63) is 46.8 Å². The predicted octanol–water partition coefficient (Wildman–Crippen LogP) is 2.80. The number of nitrogens with one attached hydrogen (secondary N) is 1. The van der Waals surface area contributed by atoms with Crippen LogP contribution in [-0.2, 0) is 30.5 Å². The fraction of sp³-hybridized carbons (Fsp3) is 0.444. The normalized spacial score (nSPS) is 13.9. The number of hydrogen-bond donors (Lipinski definition) is 1. The molecule has 6 nitrogen and oxygen atoms in total. The summed E-state index contributed by atoms with van der Waals surface area (Å²) in [5, 5.41) is 6.42. The van der Waals surface area contributed by atoms with Gasteiger partial charge in [0, 0.05) is 24.2 Å². The molecule has 9 heteroatoms. The smallest absolute Gasteiger partial charge is 0.435 e. The topological polar surface area (TPSA) is 65.4 Å². The minimum atomic E-state index is -4.53. The Morgan fingerprint density at radius 1 is 1.37 bits per heavy atom. The number of rotatable bonds is 6. The Labute approximate surface area is 154 Å². The minimum absolute atomic E-state index is 0.0850. The van der Waals surface area contributed by atoms with Crippen LogP contribution in [0.25, 0.3) is 0 Å². The Kier molecular flexibility index (Phi) is 5.69. The number of carbonyl (C=O) groups is 1. The molecule has 1 aliphatic rings. The zero-order valence-electron chi connectivity index (χ0n) is 14.8. The van der Waals surface area contributed by atoms with Crippen LogP contribution in [0.5, 0.6) is 5.75 Å². The van der Waals surface area contributed by atoms with E-state index < -0.39 is 11.9 Å². The van der Waals surface area contributed by atoms with E-state index in [1.165, 1.54) is 4.68 Å². The second-order valence-electron chi connectivity index (χ2n) is 5.98. The zero-order valence-corrected chi connectivity index (χ0v) is 14.8. The van der Waals surface area contributed by atoms with E-state index in [1.54, 1.807) is 24.3 Å². The van der Waals surface area contributed by atoms with Crippen LogP contribution in [-0.4, -0.2) is 35.4 Å². The number of nitrogens with zero attached hydrogens (tertiary/aromatic N) is 2. The van der Waals surface area contributed by atoms with Crippen molar-refractivity contribution >= 4 is 5.91 Å². The lowest BCUT2D eigenvalue weighted by molar-refractivity contribution is -0.142. The summed E-state index contributed by atoms with van der Waals surface area (Å²) in [4.78, 5) is 12.4. The number of benzene rings is 1. The van der Waals surface area contributed by atoms with E-state index in [-0.39, 0.29) is 31.2 Å². The van der Waals surface area contributed by atoms with Crippen LogP contribution in [0, 0.1) is 0 Å². The molecule has 2 aromatic rings. The van der Waals surface area contributed by atoms with E-state index in [2.05, 4.69) is 10.4 Å². The van der Waals surface area contributed by atoms with Gasteiger partial charge < -0.3 is 14.8 Å². The molecule has 3 rings (SSSR count). The van der Waals surface area contributed by atoms with Crippen molar-refractivity contribution in [1.82, 2.24) is 15.1 Å². The van der Waals surface area contributed by atoms with Gasteiger partial charge in [-0.2, -0.15) is 18.3 Å². The molecular weight excluding hydrogens is 363 g/mol. The molecule has 1 aliphatic heterocycles. The molecule has 1 amide bonds. The van der Waals surface area contributed by atoms with Gasteiger partial charge in [-0.05, 0) is 19.1 Å². The Balaban J connectivity index is 1.69.